The summed E-state index contributed by atoms with van der Waals surface area (Å²) in [5, 5.41) is 5.82. The summed E-state index contributed by atoms with van der Waals surface area (Å²) >= 11 is 1.92. The molecule has 2 heterocycles. The monoisotopic (exact) mass is 348 g/mol. The lowest BCUT2D eigenvalue weighted by atomic mass is 9.85. The van der Waals surface area contributed by atoms with Crippen LogP contribution < -0.4 is 10.6 Å². The molecule has 24 heavy (non-hydrogen) atoms. The van der Waals surface area contributed by atoms with Gasteiger partial charge in [-0.3, -0.25) is 9.78 Å². The zero-order valence-electron chi connectivity index (χ0n) is 13.7. The molecule has 0 unspecified atom stereocenters. The standard InChI is InChI=1S/C17H24N4O2S/c22-16(21-9-11-24-12-10-21)13-1-3-14(4-2-13)19-17(23)20-15-5-7-18-8-6-15/h5-8,13-14H,1-4,9-12H2,(H2,18,19,20,23). The quantitative estimate of drug-likeness (QED) is 0.879. The first kappa shape index (κ1) is 17.1. The second-order valence-electron chi connectivity index (χ2n) is 6.32. The maximum atomic E-state index is 12.5. The number of carbonyl (C=O) groups excluding carboxylic acids is 2. The van der Waals surface area contributed by atoms with Crippen LogP contribution in [0, 0.1) is 5.92 Å². The molecule has 2 aliphatic rings. The Hall–Kier alpha value is -1.76. The highest BCUT2D eigenvalue weighted by molar-refractivity contribution is 7.99. The first-order chi connectivity index (χ1) is 11.7. The number of amides is 3. The predicted molar refractivity (Wildman–Crippen MR) is 96.0 cm³/mol. The fourth-order valence-electron chi connectivity index (χ4n) is 3.31. The van der Waals surface area contributed by atoms with E-state index in [1.165, 1.54) is 0 Å². The molecule has 1 aliphatic heterocycles. The minimum absolute atomic E-state index is 0.134. The van der Waals surface area contributed by atoms with Gasteiger partial charge in [-0.05, 0) is 37.8 Å². The summed E-state index contributed by atoms with van der Waals surface area (Å²) in [5.74, 6) is 2.56. The van der Waals surface area contributed by atoms with Crippen LogP contribution in [-0.2, 0) is 4.79 Å². The lowest BCUT2D eigenvalue weighted by Gasteiger charge is -2.34. The van der Waals surface area contributed by atoms with Crippen LogP contribution in [0.4, 0.5) is 10.5 Å². The van der Waals surface area contributed by atoms with Crippen LogP contribution in [0.3, 0.4) is 0 Å². The van der Waals surface area contributed by atoms with Crippen LogP contribution in [-0.4, -0.2) is 52.5 Å². The van der Waals surface area contributed by atoms with Crippen LogP contribution >= 0.6 is 11.8 Å². The summed E-state index contributed by atoms with van der Waals surface area (Å²) in [4.78, 5) is 30.5. The largest absolute Gasteiger partial charge is 0.341 e. The molecule has 7 heteroatoms. The number of rotatable bonds is 3. The fraction of sp³-hybridized carbons (Fsp3) is 0.588. The summed E-state index contributed by atoms with van der Waals surface area (Å²) in [6.07, 6.45) is 6.74. The molecule has 0 spiro atoms. The Bertz CT molecular complexity index is 555. The van der Waals surface area contributed by atoms with Crippen molar-refractivity contribution in [1.29, 1.82) is 0 Å². The van der Waals surface area contributed by atoms with Gasteiger partial charge in [-0.2, -0.15) is 11.8 Å². The molecular formula is C17H24N4O2S. The smallest absolute Gasteiger partial charge is 0.319 e. The summed E-state index contributed by atoms with van der Waals surface area (Å²) in [6, 6.07) is 3.47. The average Bonchev–Trinajstić information content (AvgIpc) is 2.63. The second kappa shape index (κ2) is 8.37. The van der Waals surface area contributed by atoms with Crippen LogP contribution in [0.25, 0.3) is 0 Å². The van der Waals surface area contributed by atoms with Gasteiger partial charge in [-0.1, -0.05) is 0 Å². The van der Waals surface area contributed by atoms with Gasteiger partial charge in [-0.25, -0.2) is 4.79 Å². The Morgan fingerprint density at radius 3 is 2.42 bits per heavy atom. The topological polar surface area (TPSA) is 74.3 Å². The Balaban J connectivity index is 1.41. The molecule has 0 atom stereocenters. The lowest BCUT2D eigenvalue weighted by molar-refractivity contribution is -0.136. The van der Waals surface area contributed by atoms with Gasteiger partial charge in [0.05, 0.1) is 0 Å². The third kappa shape index (κ3) is 4.63. The van der Waals surface area contributed by atoms with Gasteiger partial charge >= 0.3 is 6.03 Å². The molecule has 1 saturated carbocycles. The van der Waals surface area contributed by atoms with Crippen molar-refractivity contribution in [3.63, 3.8) is 0 Å². The third-order valence-electron chi connectivity index (χ3n) is 4.67. The number of anilines is 1. The fourth-order valence-corrected chi connectivity index (χ4v) is 4.22. The normalized spacial score (nSPS) is 24.2. The van der Waals surface area contributed by atoms with Crippen molar-refractivity contribution in [2.45, 2.75) is 31.7 Å². The van der Waals surface area contributed by atoms with E-state index in [9.17, 15) is 9.59 Å². The van der Waals surface area contributed by atoms with Crippen molar-refractivity contribution in [3.8, 4) is 0 Å². The van der Waals surface area contributed by atoms with E-state index in [2.05, 4.69) is 15.6 Å². The molecular weight excluding hydrogens is 324 g/mol. The SMILES string of the molecule is O=C(Nc1ccncc1)NC1CCC(C(=O)N2CCSCC2)CC1. The highest BCUT2D eigenvalue weighted by Crippen LogP contribution is 2.27. The molecule has 3 rings (SSSR count). The van der Waals surface area contributed by atoms with Gasteiger partial charge in [0.25, 0.3) is 0 Å². The number of nitrogens with zero attached hydrogens (tertiary/aromatic N) is 2. The highest BCUT2D eigenvalue weighted by atomic mass is 32.2. The van der Waals surface area contributed by atoms with Crippen molar-refractivity contribution in [2.75, 3.05) is 29.9 Å². The van der Waals surface area contributed by atoms with E-state index in [1.807, 2.05) is 16.7 Å². The Morgan fingerprint density at radius 2 is 1.75 bits per heavy atom. The van der Waals surface area contributed by atoms with Gasteiger partial charge in [0.1, 0.15) is 0 Å². The van der Waals surface area contributed by atoms with Crippen molar-refractivity contribution >= 4 is 29.4 Å². The number of urea groups is 1. The van der Waals surface area contributed by atoms with Crippen molar-refractivity contribution < 1.29 is 9.59 Å². The number of carbonyl (C=O) groups is 2. The van der Waals surface area contributed by atoms with E-state index >= 15 is 0 Å². The summed E-state index contributed by atoms with van der Waals surface area (Å²) in [7, 11) is 0. The minimum atomic E-state index is -0.191. The van der Waals surface area contributed by atoms with Gasteiger partial charge in [0.15, 0.2) is 0 Å². The number of pyridine rings is 1. The van der Waals surface area contributed by atoms with Crippen LogP contribution in [0.15, 0.2) is 24.5 Å². The first-order valence-electron chi connectivity index (χ1n) is 8.56. The predicted octanol–water partition coefficient (Wildman–Crippen LogP) is 2.34. The minimum Gasteiger partial charge on any atom is -0.341 e. The molecule has 1 saturated heterocycles. The summed E-state index contributed by atoms with van der Waals surface area (Å²) in [6.45, 7) is 1.77. The molecule has 1 aromatic rings. The highest BCUT2D eigenvalue weighted by Gasteiger charge is 2.30. The molecule has 0 aromatic carbocycles. The molecule has 0 bridgehead atoms. The van der Waals surface area contributed by atoms with E-state index in [0.29, 0.717) is 5.91 Å². The number of nitrogens with one attached hydrogen (secondary N) is 2. The summed E-state index contributed by atoms with van der Waals surface area (Å²) in [5.41, 5.74) is 0.731. The Kier molecular flexibility index (Phi) is 5.96. The van der Waals surface area contributed by atoms with Crippen LogP contribution in [0.2, 0.25) is 0 Å². The maximum absolute atomic E-state index is 12.5. The molecule has 2 fully saturated rings. The number of hydrogen-bond acceptors (Lipinski definition) is 4. The molecule has 6 nitrogen and oxygen atoms in total. The Labute approximate surface area is 146 Å². The van der Waals surface area contributed by atoms with Crippen molar-refractivity contribution in [3.05, 3.63) is 24.5 Å². The van der Waals surface area contributed by atoms with Crippen LogP contribution in [0.5, 0.6) is 0 Å². The molecule has 1 aromatic heterocycles. The molecule has 130 valence electrons. The Morgan fingerprint density at radius 1 is 1.08 bits per heavy atom. The van der Waals surface area contributed by atoms with Gasteiger partial charge < -0.3 is 15.5 Å². The molecule has 1 aliphatic carbocycles. The van der Waals surface area contributed by atoms with E-state index < -0.39 is 0 Å². The van der Waals surface area contributed by atoms with E-state index in [1.54, 1.807) is 24.5 Å². The van der Waals surface area contributed by atoms with E-state index in [-0.39, 0.29) is 18.0 Å². The van der Waals surface area contributed by atoms with Crippen LogP contribution in [0.1, 0.15) is 25.7 Å². The summed E-state index contributed by atoms with van der Waals surface area (Å²) < 4.78 is 0. The molecule has 3 amide bonds. The van der Waals surface area contributed by atoms with Crippen molar-refractivity contribution in [1.82, 2.24) is 15.2 Å². The number of aromatic nitrogens is 1. The lowest BCUT2D eigenvalue weighted by Crippen LogP contribution is -2.45. The second-order valence-corrected chi connectivity index (χ2v) is 7.55. The zero-order valence-corrected chi connectivity index (χ0v) is 14.6. The maximum Gasteiger partial charge on any atom is 0.319 e. The third-order valence-corrected chi connectivity index (χ3v) is 5.62. The van der Waals surface area contributed by atoms with E-state index in [4.69, 9.17) is 0 Å². The molecule has 2 N–H and O–H groups in total. The number of thioether (sulfide) groups is 1. The number of hydrogen-bond donors (Lipinski definition) is 2. The average molecular weight is 348 g/mol. The zero-order chi connectivity index (χ0) is 16.8. The van der Waals surface area contributed by atoms with Gasteiger partial charge in [-0.15, -0.1) is 0 Å². The van der Waals surface area contributed by atoms with Crippen molar-refractivity contribution in [2.24, 2.45) is 5.92 Å². The van der Waals surface area contributed by atoms with Gasteiger partial charge in [0.2, 0.25) is 5.91 Å². The first-order valence-corrected chi connectivity index (χ1v) is 9.72. The van der Waals surface area contributed by atoms with E-state index in [0.717, 1.165) is 56.0 Å². The van der Waals surface area contributed by atoms with Gasteiger partial charge in [0, 0.05) is 54.6 Å². The molecule has 0 radical (unpaired) electrons.